The van der Waals surface area contributed by atoms with Crippen LogP contribution < -0.4 is 0 Å². The van der Waals surface area contributed by atoms with Crippen molar-refractivity contribution in [2.45, 2.75) is 69.3 Å². The molecule has 0 spiro atoms. The Morgan fingerprint density at radius 1 is 1.00 bits per heavy atom. The predicted octanol–water partition coefficient (Wildman–Crippen LogP) is 4.19. The van der Waals surface area contributed by atoms with E-state index in [4.69, 9.17) is 0 Å². The standard InChI is InChI=1S/C17H24O/c18-17(11-12-17)13-15-9-5-6-10-16(15)14-7-3-1-2-4-8-14/h5-6,9-10,14,18H,1-4,7-8,11-13H2. The second-order valence-corrected chi connectivity index (χ2v) is 6.29. The van der Waals surface area contributed by atoms with Gasteiger partial charge in [-0.3, -0.25) is 0 Å². The first-order chi connectivity index (χ1) is 8.77. The maximum absolute atomic E-state index is 10.2. The van der Waals surface area contributed by atoms with E-state index in [0.29, 0.717) is 0 Å². The van der Waals surface area contributed by atoms with Crippen LogP contribution in [-0.4, -0.2) is 10.7 Å². The molecular weight excluding hydrogens is 220 g/mol. The van der Waals surface area contributed by atoms with E-state index < -0.39 is 0 Å². The molecule has 0 unspecified atom stereocenters. The molecule has 2 aliphatic rings. The minimum atomic E-state index is -0.360. The van der Waals surface area contributed by atoms with Crippen LogP contribution in [0.4, 0.5) is 0 Å². The van der Waals surface area contributed by atoms with Gasteiger partial charge in [0.1, 0.15) is 0 Å². The van der Waals surface area contributed by atoms with E-state index in [2.05, 4.69) is 24.3 Å². The van der Waals surface area contributed by atoms with Crippen LogP contribution in [-0.2, 0) is 6.42 Å². The molecule has 0 atom stereocenters. The van der Waals surface area contributed by atoms with Gasteiger partial charge in [0, 0.05) is 6.42 Å². The summed E-state index contributed by atoms with van der Waals surface area (Å²) in [6.07, 6.45) is 11.1. The number of rotatable bonds is 3. The fourth-order valence-electron chi connectivity index (χ4n) is 3.36. The molecule has 1 nitrogen and oxygen atoms in total. The molecule has 0 heterocycles. The lowest BCUT2D eigenvalue weighted by atomic mass is 9.86. The average molecular weight is 244 g/mol. The van der Waals surface area contributed by atoms with Gasteiger partial charge < -0.3 is 5.11 Å². The van der Waals surface area contributed by atoms with Gasteiger partial charge in [0.2, 0.25) is 0 Å². The van der Waals surface area contributed by atoms with E-state index in [9.17, 15) is 5.11 Å². The topological polar surface area (TPSA) is 20.2 Å². The van der Waals surface area contributed by atoms with Gasteiger partial charge in [0.15, 0.2) is 0 Å². The van der Waals surface area contributed by atoms with Crippen molar-refractivity contribution >= 4 is 0 Å². The molecule has 2 aliphatic carbocycles. The summed E-state index contributed by atoms with van der Waals surface area (Å²) in [6, 6.07) is 8.83. The molecule has 2 saturated carbocycles. The van der Waals surface area contributed by atoms with Gasteiger partial charge >= 0.3 is 0 Å². The van der Waals surface area contributed by atoms with Crippen molar-refractivity contribution < 1.29 is 5.11 Å². The zero-order valence-electron chi connectivity index (χ0n) is 11.2. The largest absolute Gasteiger partial charge is 0.390 e. The van der Waals surface area contributed by atoms with Crippen molar-refractivity contribution in [3.63, 3.8) is 0 Å². The van der Waals surface area contributed by atoms with Gasteiger partial charge in [-0.25, -0.2) is 0 Å². The van der Waals surface area contributed by atoms with Crippen LogP contribution >= 0.6 is 0 Å². The Kier molecular flexibility index (Phi) is 3.43. The van der Waals surface area contributed by atoms with Crippen LogP contribution in [0.2, 0.25) is 0 Å². The molecule has 0 radical (unpaired) electrons. The highest BCUT2D eigenvalue weighted by Gasteiger charge is 2.40. The van der Waals surface area contributed by atoms with Crippen LogP contribution in [0.3, 0.4) is 0 Å². The molecule has 0 aliphatic heterocycles. The molecule has 1 aromatic rings. The summed E-state index contributed by atoms with van der Waals surface area (Å²) >= 11 is 0. The lowest BCUT2D eigenvalue weighted by Gasteiger charge is -2.20. The van der Waals surface area contributed by atoms with Crippen LogP contribution in [0.1, 0.15) is 68.4 Å². The average Bonchev–Trinajstić information content (AvgIpc) is 3.14. The molecule has 0 saturated heterocycles. The second-order valence-electron chi connectivity index (χ2n) is 6.29. The molecule has 0 aromatic heterocycles. The van der Waals surface area contributed by atoms with E-state index in [1.54, 1.807) is 0 Å². The molecule has 1 aromatic carbocycles. The summed E-state index contributed by atoms with van der Waals surface area (Å²) in [5, 5.41) is 10.2. The van der Waals surface area contributed by atoms with Gasteiger partial charge in [-0.15, -0.1) is 0 Å². The molecule has 98 valence electrons. The van der Waals surface area contributed by atoms with Crippen molar-refractivity contribution in [3.8, 4) is 0 Å². The van der Waals surface area contributed by atoms with E-state index in [0.717, 1.165) is 25.2 Å². The van der Waals surface area contributed by atoms with Crippen LogP contribution in [0.5, 0.6) is 0 Å². The first-order valence-corrected chi connectivity index (χ1v) is 7.57. The monoisotopic (exact) mass is 244 g/mol. The summed E-state index contributed by atoms with van der Waals surface area (Å²) in [6.45, 7) is 0. The van der Waals surface area contributed by atoms with Gasteiger partial charge in [-0.05, 0) is 42.7 Å². The van der Waals surface area contributed by atoms with Crippen molar-refractivity contribution in [3.05, 3.63) is 35.4 Å². The van der Waals surface area contributed by atoms with Gasteiger partial charge in [-0.1, -0.05) is 49.9 Å². The smallest absolute Gasteiger partial charge is 0.0690 e. The van der Waals surface area contributed by atoms with Crippen LogP contribution in [0, 0.1) is 0 Å². The Bertz CT molecular complexity index is 398. The Balaban J connectivity index is 1.80. The molecule has 0 amide bonds. The summed E-state index contributed by atoms with van der Waals surface area (Å²) in [5.41, 5.74) is 2.57. The van der Waals surface area contributed by atoms with Crippen molar-refractivity contribution in [1.82, 2.24) is 0 Å². The second kappa shape index (κ2) is 5.05. The number of hydrogen-bond donors (Lipinski definition) is 1. The zero-order valence-corrected chi connectivity index (χ0v) is 11.2. The molecule has 1 heteroatoms. The zero-order chi connectivity index (χ0) is 12.4. The van der Waals surface area contributed by atoms with E-state index >= 15 is 0 Å². The van der Waals surface area contributed by atoms with Crippen LogP contribution in [0.15, 0.2) is 24.3 Å². The minimum absolute atomic E-state index is 0.360. The normalized spacial score (nSPS) is 23.6. The summed E-state index contributed by atoms with van der Waals surface area (Å²) in [5.74, 6) is 0.742. The summed E-state index contributed by atoms with van der Waals surface area (Å²) in [7, 11) is 0. The fraction of sp³-hybridized carbons (Fsp3) is 0.647. The Morgan fingerprint density at radius 2 is 1.67 bits per heavy atom. The molecular formula is C17H24O. The van der Waals surface area contributed by atoms with Crippen LogP contribution in [0.25, 0.3) is 0 Å². The highest BCUT2D eigenvalue weighted by molar-refractivity contribution is 5.32. The molecule has 1 N–H and O–H groups in total. The lowest BCUT2D eigenvalue weighted by molar-refractivity contribution is 0.150. The van der Waals surface area contributed by atoms with Crippen molar-refractivity contribution in [1.29, 1.82) is 0 Å². The molecule has 0 bridgehead atoms. The Morgan fingerprint density at radius 3 is 2.33 bits per heavy atom. The fourth-order valence-corrected chi connectivity index (χ4v) is 3.36. The van der Waals surface area contributed by atoms with E-state index in [1.807, 2.05) is 0 Å². The molecule has 18 heavy (non-hydrogen) atoms. The number of aliphatic hydroxyl groups is 1. The van der Waals surface area contributed by atoms with E-state index in [1.165, 1.54) is 49.7 Å². The van der Waals surface area contributed by atoms with E-state index in [-0.39, 0.29) is 5.60 Å². The third kappa shape index (κ3) is 2.77. The highest BCUT2D eigenvalue weighted by Crippen LogP contribution is 2.41. The quantitative estimate of drug-likeness (QED) is 0.790. The first-order valence-electron chi connectivity index (χ1n) is 7.57. The SMILES string of the molecule is OC1(Cc2ccccc2C2CCCCCC2)CC1. The van der Waals surface area contributed by atoms with Gasteiger partial charge in [0.05, 0.1) is 5.60 Å². The highest BCUT2D eigenvalue weighted by atomic mass is 16.3. The van der Waals surface area contributed by atoms with Gasteiger partial charge in [-0.2, -0.15) is 0 Å². The summed E-state index contributed by atoms with van der Waals surface area (Å²) < 4.78 is 0. The molecule has 3 rings (SSSR count). The van der Waals surface area contributed by atoms with Crippen molar-refractivity contribution in [2.75, 3.05) is 0 Å². The predicted molar refractivity (Wildman–Crippen MR) is 74.8 cm³/mol. The molecule has 2 fully saturated rings. The lowest BCUT2D eigenvalue weighted by Crippen LogP contribution is -2.13. The van der Waals surface area contributed by atoms with Crippen molar-refractivity contribution in [2.24, 2.45) is 0 Å². The third-order valence-corrected chi connectivity index (χ3v) is 4.70. The Labute approximate surface area is 110 Å². The minimum Gasteiger partial charge on any atom is -0.390 e. The maximum Gasteiger partial charge on any atom is 0.0690 e. The van der Waals surface area contributed by atoms with Gasteiger partial charge in [0.25, 0.3) is 0 Å². The Hall–Kier alpha value is -0.820. The first kappa shape index (κ1) is 12.2. The number of hydrogen-bond acceptors (Lipinski definition) is 1. The maximum atomic E-state index is 10.2. The third-order valence-electron chi connectivity index (χ3n) is 4.70. The number of benzene rings is 1. The summed E-state index contributed by atoms with van der Waals surface area (Å²) in [4.78, 5) is 0.